The predicted octanol–water partition coefficient (Wildman–Crippen LogP) is 0.500. The van der Waals surface area contributed by atoms with Gasteiger partial charge in [-0.05, 0) is 19.1 Å². The van der Waals surface area contributed by atoms with E-state index in [9.17, 15) is 9.59 Å². The van der Waals surface area contributed by atoms with Crippen LogP contribution in [0.3, 0.4) is 0 Å². The Labute approximate surface area is 112 Å². The Kier molecular flexibility index (Phi) is 4.00. The monoisotopic (exact) mass is 280 g/mol. The standard InChI is InChI=1S/C11H12N4O3S/c1-7-3-2-4-8(12-7)5-15-10(18)13-14-11(15)19-6-9(16)17/h2-4H,5-6H2,1H3,(H,13,18)(H,16,17). The molecule has 2 rings (SSSR count). The van der Waals surface area contributed by atoms with Crippen molar-refractivity contribution in [1.29, 1.82) is 0 Å². The number of carbonyl (C=O) groups is 1. The van der Waals surface area contributed by atoms with Crippen LogP contribution in [0, 0.1) is 6.92 Å². The number of thioether (sulfide) groups is 1. The number of aliphatic carboxylic acids is 1. The highest BCUT2D eigenvalue weighted by molar-refractivity contribution is 7.99. The number of aryl methyl sites for hydroxylation is 1. The molecule has 0 aromatic carbocycles. The van der Waals surface area contributed by atoms with Crippen LogP contribution in [-0.2, 0) is 11.3 Å². The molecule has 0 spiro atoms. The largest absolute Gasteiger partial charge is 0.481 e. The van der Waals surface area contributed by atoms with Gasteiger partial charge in [0.15, 0.2) is 5.16 Å². The maximum Gasteiger partial charge on any atom is 0.344 e. The Morgan fingerprint density at radius 3 is 3.00 bits per heavy atom. The van der Waals surface area contributed by atoms with Gasteiger partial charge >= 0.3 is 11.7 Å². The third-order valence-corrected chi connectivity index (χ3v) is 3.28. The Balaban J connectivity index is 2.22. The fraction of sp³-hybridized carbons (Fsp3) is 0.273. The fourth-order valence-electron chi connectivity index (χ4n) is 1.53. The van der Waals surface area contributed by atoms with E-state index < -0.39 is 5.97 Å². The first-order chi connectivity index (χ1) is 9.06. The van der Waals surface area contributed by atoms with E-state index in [1.165, 1.54) is 4.57 Å². The van der Waals surface area contributed by atoms with E-state index >= 15 is 0 Å². The van der Waals surface area contributed by atoms with Crippen molar-refractivity contribution in [2.45, 2.75) is 18.6 Å². The van der Waals surface area contributed by atoms with Crippen LogP contribution in [0.25, 0.3) is 0 Å². The fourth-order valence-corrected chi connectivity index (χ4v) is 2.19. The predicted molar refractivity (Wildman–Crippen MR) is 69.3 cm³/mol. The molecule has 0 aliphatic rings. The molecule has 100 valence electrons. The molecule has 2 aromatic heterocycles. The zero-order chi connectivity index (χ0) is 13.8. The van der Waals surface area contributed by atoms with Crippen molar-refractivity contribution >= 4 is 17.7 Å². The van der Waals surface area contributed by atoms with Crippen LogP contribution in [0.2, 0.25) is 0 Å². The lowest BCUT2D eigenvalue weighted by molar-refractivity contribution is -0.133. The molecule has 0 radical (unpaired) electrons. The summed E-state index contributed by atoms with van der Waals surface area (Å²) in [5.41, 5.74) is 1.20. The van der Waals surface area contributed by atoms with Crippen LogP contribution in [0.4, 0.5) is 0 Å². The second kappa shape index (κ2) is 5.70. The van der Waals surface area contributed by atoms with E-state index in [0.717, 1.165) is 23.1 Å². The topological polar surface area (TPSA) is 101 Å². The molecule has 0 aliphatic carbocycles. The van der Waals surface area contributed by atoms with Gasteiger partial charge in [-0.2, -0.15) is 0 Å². The molecule has 0 saturated heterocycles. The number of aromatic amines is 1. The van der Waals surface area contributed by atoms with Crippen molar-refractivity contribution in [3.05, 3.63) is 40.1 Å². The van der Waals surface area contributed by atoms with Crippen molar-refractivity contribution in [3.8, 4) is 0 Å². The van der Waals surface area contributed by atoms with E-state index in [0.29, 0.717) is 5.16 Å². The van der Waals surface area contributed by atoms with Gasteiger partial charge in [-0.1, -0.05) is 17.8 Å². The molecule has 19 heavy (non-hydrogen) atoms. The molecule has 0 fully saturated rings. The first-order valence-electron chi connectivity index (χ1n) is 5.48. The lowest BCUT2D eigenvalue weighted by Gasteiger charge is -2.04. The van der Waals surface area contributed by atoms with Gasteiger partial charge in [-0.15, -0.1) is 5.10 Å². The van der Waals surface area contributed by atoms with Crippen LogP contribution in [0.15, 0.2) is 28.2 Å². The van der Waals surface area contributed by atoms with Crippen LogP contribution in [0.1, 0.15) is 11.4 Å². The second-order valence-electron chi connectivity index (χ2n) is 3.85. The van der Waals surface area contributed by atoms with Crippen molar-refractivity contribution in [2.75, 3.05) is 5.75 Å². The van der Waals surface area contributed by atoms with Crippen LogP contribution >= 0.6 is 11.8 Å². The number of rotatable bonds is 5. The summed E-state index contributed by atoms with van der Waals surface area (Å²) in [6.45, 7) is 2.13. The minimum absolute atomic E-state index is 0.147. The summed E-state index contributed by atoms with van der Waals surface area (Å²) < 4.78 is 1.37. The van der Waals surface area contributed by atoms with Gasteiger partial charge in [0.1, 0.15) is 0 Å². The summed E-state index contributed by atoms with van der Waals surface area (Å²) in [6, 6.07) is 5.52. The molecule has 0 saturated carbocycles. The number of H-pyrrole nitrogens is 1. The quantitative estimate of drug-likeness (QED) is 0.773. The smallest absolute Gasteiger partial charge is 0.344 e. The number of aromatic nitrogens is 4. The normalized spacial score (nSPS) is 10.6. The molecular formula is C11H12N4O3S. The van der Waals surface area contributed by atoms with E-state index in [2.05, 4.69) is 15.2 Å². The molecule has 0 aliphatic heterocycles. The van der Waals surface area contributed by atoms with Crippen molar-refractivity contribution in [1.82, 2.24) is 19.7 Å². The molecule has 0 atom stereocenters. The summed E-state index contributed by atoms with van der Waals surface area (Å²) >= 11 is 0.993. The lowest BCUT2D eigenvalue weighted by Crippen LogP contribution is -2.19. The number of hydrogen-bond donors (Lipinski definition) is 2. The minimum Gasteiger partial charge on any atom is -0.481 e. The molecule has 7 nitrogen and oxygen atoms in total. The summed E-state index contributed by atoms with van der Waals surface area (Å²) in [5.74, 6) is -1.10. The van der Waals surface area contributed by atoms with Crippen LogP contribution < -0.4 is 5.69 Å². The van der Waals surface area contributed by atoms with Gasteiger partial charge in [0.25, 0.3) is 0 Å². The number of carboxylic acid groups (broad SMARTS) is 1. The minimum atomic E-state index is -0.958. The lowest BCUT2D eigenvalue weighted by atomic mass is 10.3. The van der Waals surface area contributed by atoms with Gasteiger partial charge < -0.3 is 5.11 Å². The SMILES string of the molecule is Cc1cccc(Cn2c(SCC(=O)O)n[nH]c2=O)n1. The molecule has 0 bridgehead atoms. The van der Waals surface area contributed by atoms with Crippen molar-refractivity contribution in [2.24, 2.45) is 0 Å². The summed E-state index contributed by atoms with van der Waals surface area (Å²) in [5, 5.41) is 15.1. The highest BCUT2D eigenvalue weighted by Gasteiger charge is 2.11. The maximum absolute atomic E-state index is 11.6. The number of pyridine rings is 1. The Hall–Kier alpha value is -2.09. The van der Waals surface area contributed by atoms with Gasteiger partial charge in [0.05, 0.1) is 18.0 Å². The van der Waals surface area contributed by atoms with E-state index in [1.54, 1.807) is 6.07 Å². The average molecular weight is 280 g/mol. The maximum atomic E-state index is 11.6. The number of nitrogens with one attached hydrogen (secondary N) is 1. The molecule has 2 N–H and O–H groups in total. The zero-order valence-corrected chi connectivity index (χ0v) is 11.0. The van der Waals surface area contributed by atoms with Crippen LogP contribution in [-0.4, -0.2) is 36.6 Å². The third kappa shape index (κ3) is 3.44. The van der Waals surface area contributed by atoms with Crippen molar-refractivity contribution < 1.29 is 9.90 Å². The van der Waals surface area contributed by atoms with Crippen LogP contribution in [0.5, 0.6) is 0 Å². The average Bonchev–Trinajstić information content (AvgIpc) is 2.68. The van der Waals surface area contributed by atoms with Gasteiger partial charge in [-0.3, -0.25) is 14.3 Å². The highest BCUT2D eigenvalue weighted by atomic mass is 32.2. The third-order valence-electron chi connectivity index (χ3n) is 2.31. The molecular weight excluding hydrogens is 268 g/mol. The van der Waals surface area contributed by atoms with E-state index in [1.807, 2.05) is 19.1 Å². The number of carboxylic acids is 1. The molecule has 2 heterocycles. The molecule has 0 amide bonds. The molecule has 0 unspecified atom stereocenters. The van der Waals surface area contributed by atoms with Gasteiger partial charge in [-0.25, -0.2) is 9.89 Å². The summed E-state index contributed by atoms with van der Waals surface area (Å²) in [4.78, 5) is 26.5. The Morgan fingerprint density at radius 1 is 1.53 bits per heavy atom. The van der Waals surface area contributed by atoms with Crippen molar-refractivity contribution in [3.63, 3.8) is 0 Å². The number of hydrogen-bond acceptors (Lipinski definition) is 5. The van der Waals surface area contributed by atoms with E-state index in [-0.39, 0.29) is 18.0 Å². The van der Waals surface area contributed by atoms with Gasteiger partial charge in [0.2, 0.25) is 0 Å². The summed E-state index contributed by atoms with van der Waals surface area (Å²) in [6.07, 6.45) is 0. The number of nitrogens with zero attached hydrogens (tertiary/aromatic N) is 3. The van der Waals surface area contributed by atoms with Gasteiger partial charge in [0, 0.05) is 5.69 Å². The molecule has 2 aromatic rings. The Bertz CT molecular complexity index is 649. The first-order valence-corrected chi connectivity index (χ1v) is 6.47. The Morgan fingerprint density at radius 2 is 2.32 bits per heavy atom. The highest BCUT2D eigenvalue weighted by Crippen LogP contribution is 2.13. The van der Waals surface area contributed by atoms with E-state index in [4.69, 9.17) is 5.11 Å². The second-order valence-corrected chi connectivity index (χ2v) is 4.79. The molecule has 8 heteroatoms. The summed E-state index contributed by atoms with van der Waals surface area (Å²) in [7, 11) is 0. The zero-order valence-electron chi connectivity index (χ0n) is 10.2. The first kappa shape index (κ1) is 13.3.